The van der Waals surface area contributed by atoms with Crippen LogP contribution in [0.3, 0.4) is 0 Å². The number of aromatic nitrogens is 1. The van der Waals surface area contributed by atoms with E-state index in [-0.39, 0.29) is 24.1 Å². The van der Waals surface area contributed by atoms with Crippen molar-refractivity contribution in [3.8, 4) is 0 Å². The molecule has 1 heterocycles. The van der Waals surface area contributed by atoms with E-state index in [0.717, 1.165) is 38.8 Å². The Labute approximate surface area is 198 Å². The summed E-state index contributed by atoms with van der Waals surface area (Å²) in [5, 5.41) is 0.772. The molecule has 2 aromatic carbocycles. The van der Waals surface area contributed by atoms with E-state index < -0.39 is 0 Å². The number of halogens is 2. The van der Waals surface area contributed by atoms with Crippen LogP contribution in [0.5, 0.6) is 0 Å². The fraction of sp³-hybridized carbons (Fsp3) is 0.391. The number of aryl methyl sites for hydroxylation is 2. The first-order valence-corrected chi connectivity index (χ1v) is 11.8. The Hall–Kier alpha value is -1.67. The van der Waals surface area contributed by atoms with Gasteiger partial charge in [-0.2, -0.15) is 0 Å². The van der Waals surface area contributed by atoms with Crippen molar-refractivity contribution in [2.24, 2.45) is 0 Å². The zero-order valence-electron chi connectivity index (χ0n) is 18.4. The van der Waals surface area contributed by atoms with E-state index >= 15 is 0 Å². The topological polar surface area (TPSA) is 36.4 Å². The third-order valence-electron chi connectivity index (χ3n) is 4.74. The monoisotopic (exact) mass is 481 g/mol. The average Bonchev–Trinajstić information content (AvgIpc) is 3.10. The zero-order chi connectivity index (χ0) is 21.7. The summed E-state index contributed by atoms with van der Waals surface area (Å²) in [7, 11) is 4.07. The average molecular weight is 482 g/mol. The minimum atomic E-state index is -0.246. The molecule has 0 saturated heterocycles. The molecule has 1 amide bonds. The summed E-state index contributed by atoms with van der Waals surface area (Å²) >= 11 is 3.15. The van der Waals surface area contributed by atoms with Crippen LogP contribution in [0.4, 0.5) is 9.52 Å². The highest BCUT2D eigenvalue weighted by Crippen LogP contribution is 2.32. The molecule has 0 fully saturated rings. The van der Waals surface area contributed by atoms with Crippen LogP contribution < -0.4 is 4.90 Å². The van der Waals surface area contributed by atoms with Crippen molar-refractivity contribution in [1.29, 1.82) is 0 Å². The summed E-state index contributed by atoms with van der Waals surface area (Å²) in [6.45, 7) is 5.71. The number of hydrogen-bond donors (Lipinski definition) is 0. The quantitative estimate of drug-likeness (QED) is 0.354. The Balaban J connectivity index is 0.00000341. The minimum absolute atomic E-state index is 0. The molecule has 0 bridgehead atoms. The molecule has 3 rings (SSSR count). The maximum absolute atomic E-state index is 13.1. The second-order valence-electron chi connectivity index (χ2n) is 7.68. The first kappa shape index (κ1) is 25.6. The molecule has 0 N–H and O–H groups in total. The lowest BCUT2D eigenvalue weighted by atomic mass is 10.1. The van der Waals surface area contributed by atoms with Gasteiger partial charge in [0.15, 0.2) is 5.13 Å². The van der Waals surface area contributed by atoms with Gasteiger partial charge in [-0.25, -0.2) is 9.37 Å². The van der Waals surface area contributed by atoms with Crippen molar-refractivity contribution in [3.63, 3.8) is 0 Å². The largest absolute Gasteiger partial charge is 0.309 e. The molecule has 0 aliphatic rings. The van der Waals surface area contributed by atoms with Crippen LogP contribution in [0.15, 0.2) is 41.3 Å². The molecule has 1 aromatic heterocycles. The van der Waals surface area contributed by atoms with Crippen molar-refractivity contribution in [2.75, 3.05) is 37.8 Å². The summed E-state index contributed by atoms with van der Waals surface area (Å²) in [6.07, 6.45) is 1.30. The van der Waals surface area contributed by atoms with Crippen molar-refractivity contribution in [3.05, 3.63) is 53.3 Å². The molecular formula is C23H29ClFN3OS2. The predicted octanol–water partition coefficient (Wildman–Crippen LogP) is 5.94. The maximum atomic E-state index is 13.1. The summed E-state index contributed by atoms with van der Waals surface area (Å²) in [6, 6.07) is 10.7. The smallest absolute Gasteiger partial charge is 0.229 e. The molecule has 0 atom stereocenters. The third-order valence-corrected chi connectivity index (χ3v) is 6.77. The van der Waals surface area contributed by atoms with Gasteiger partial charge in [0.2, 0.25) is 5.91 Å². The van der Waals surface area contributed by atoms with Crippen LogP contribution in [0.1, 0.15) is 24.0 Å². The molecule has 3 aromatic rings. The van der Waals surface area contributed by atoms with E-state index in [1.807, 2.05) is 19.0 Å². The fourth-order valence-corrected chi connectivity index (χ4v) is 5.29. The lowest BCUT2D eigenvalue weighted by molar-refractivity contribution is -0.118. The summed E-state index contributed by atoms with van der Waals surface area (Å²) in [5.74, 6) is 0.484. The van der Waals surface area contributed by atoms with Gasteiger partial charge < -0.3 is 4.90 Å². The zero-order valence-corrected chi connectivity index (χ0v) is 20.8. The molecular weight excluding hydrogens is 453 g/mol. The third kappa shape index (κ3) is 7.17. The first-order valence-electron chi connectivity index (χ1n) is 10.0. The standard InChI is InChI=1S/C23H28FN3OS2.ClH/c1-16-14-17(2)22-20(15-16)30-23(25-22)27(12-5-11-26(3)4)21(28)10-13-29-19-8-6-18(24)7-9-19;/h6-9,14-15H,5,10-13H2,1-4H3;1H. The van der Waals surface area contributed by atoms with Crippen molar-refractivity contribution >= 4 is 56.8 Å². The Kier molecular flexibility index (Phi) is 9.75. The van der Waals surface area contributed by atoms with E-state index in [1.165, 1.54) is 17.7 Å². The summed E-state index contributed by atoms with van der Waals surface area (Å²) < 4.78 is 14.2. The number of carbonyl (C=O) groups excluding carboxylic acids is 1. The van der Waals surface area contributed by atoms with Gasteiger partial charge in [-0.05, 0) is 82.4 Å². The highest BCUT2D eigenvalue weighted by Gasteiger charge is 2.20. The Bertz CT molecular complexity index is 1010. The second-order valence-corrected chi connectivity index (χ2v) is 9.86. The number of anilines is 1. The van der Waals surface area contributed by atoms with Gasteiger partial charge in [0.1, 0.15) is 5.82 Å². The van der Waals surface area contributed by atoms with E-state index in [4.69, 9.17) is 4.98 Å². The van der Waals surface area contributed by atoms with Crippen LogP contribution in [0.2, 0.25) is 0 Å². The SMILES string of the molecule is Cc1cc(C)c2nc(N(CCCN(C)C)C(=O)CCSc3ccc(F)cc3)sc2c1.Cl. The van der Waals surface area contributed by atoms with Crippen LogP contribution in [0.25, 0.3) is 10.2 Å². The fourth-order valence-electron chi connectivity index (χ4n) is 3.27. The van der Waals surface area contributed by atoms with E-state index in [0.29, 0.717) is 18.7 Å². The van der Waals surface area contributed by atoms with Crippen molar-refractivity contribution < 1.29 is 9.18 Å². The molecule has 0 spiro atoms. The highest BCUT2D eigenvalue weighted by molar-refractivity contribution is 7.99. The molecule has 168 valence electrons. The normalized spacial score (nSPS) is 11.0. The van der Waals surface area contributed by atoms with E-state index in [2.05, 4.69) is 30.9 Å². The van der Waals surface area contributed by atoms with E-state index in [1.54, 1.807) is 35.2 Å². The number of thioether (sulfide) groups is 1. The van der Waals surface area contributed by atoms with Crippen LogP contribution in [0, 0.1) is 19.7 Å². The number of amides is 1. The number of nitrogens with zero attached hydrogens (tertiary/aromatic N) is 3. The number of hydrogen-bond acceptors (Lipinski definition) is 5. The van der Waals surface area contributed by atoms with Gasteiger partial charge >= 0.3 is 0 Å². The van der Waals surface area contributed by atoms with Crippen LogP contribution in [-0.4, -0.2) is 48.7 Å². The lowest BCUT2D eigenvalue weighted by Crippen LogP contribution is -2.33. The highest BCUT2D eigenvalue weighted by atomic mass is 35.5. The molecule has 8 heteroatoms. The number of rotatable bonds is 9. The molecule has 31 heavy (non-hydrogen) atoms. The van der Waals surface area contributed by atoms with Crippen molar-refractivity contribution in [2.45, 2.75) is 31.6 Å². The molecule has 0 radical (unpaired) electrons. The Morgan fingerprint density at radius 2 is 1.84 bits per heavy atom. The maximum Gasteiger partial charge on any atom is 0.229 e. The summed E-state index contributed by atoms with van der Waals surface area (Å²) in [4.78, 5) is 22.8. The van der Waals surface area contributed by atoms with Gasteiger partial charge in [-0.1, -0.05) is 17.4 Å². The Morgan fingerprint density at radius 3 is 2.52 bits per heavy atom. The van der Waals surface area contributed by atoms with Crippen LogP contribution in [-0.2, 0) is 4.79 Å². The van der Waals surface area contributed by atoms with Gasteiger partial charge in [-0.15, -0.1) is 24.2 Å². The van der Waals surface area contributed by atoms with Crippen molar-refractivity contribution in [1.82, 2.24) is 9.88 Å². The van der Waals surface area contributed by atoms with Gasteiger partial charge in [0.05, 0.1) is 10.2 Å². The molecule has 0 saturated carbocycles. The first-order chi connectivity index (χ1) is 14.3. The number of fused-ring (bicyclic) bond motifs is 1. The van der Waals surface area contributed by atoms with Gasteiger partial charge in [-0.3, -0.25) is 9.69 Å². The number of carbonyl (C=O) groups is 1. The molecule has 0 unspecified atom stereocenters. The molecule has 0 aliphatic heterocycles. The van der Waals surface area contributed by atoms with Gasteiger partial charge in [0.25, 0.3) is 0 Å². The molecule has 4 nitrogen and oxygen atoms in total. The predicted molar refractivity (Wildman–Crippen MR) is 134 cm³/mol. The number of thiazole rings is 1. The Morgan fingerprint density at radius 1 is 1.13 bits per heavy atom. The van der Waals surface area contributed by atoms with E-state index in [9.17, 15) is 9.18 Å². The van der Waals surface area contributed by atoms with Gasteiger partial charge in [0, 0.05) is 23.6 Å². The lowest BCUT2D eigenvalue weighted by Gasteiger charge is -2.21. The summed E-state index contributed by atoms with van der Waals surface area (Å²) in [5.41, 5.74) is 3.32. The minimum Gasteiger partial charge on any atom is -0.309 e. The molecule has 0 aliphatic carbocycles. The number of benzene rings is 2. The second kappa shape index (κ2) is 11.8. The van der Waals surface area contributed by atoms with Crippen LogP contribution >= 0.6 is 35.5 Å².